The lowest BCUT2D eigenvalue weighted by Gasteiger charge is -2.29. The number of methoxy groups -OCH3 is 2. The summed E-state index contributed by atoms with van der Waals surface area (Å²) in [4.78, 5) is 26.4. The molecule has 0 aliphatic rings. The summed E-state index contributed by atoms with van der Waals surface area (Å²) in [6.45, 7) is 6.19. The first-order valence-corrected chi connectivity index (χ1v) is 9.79. The molecule has 0 bridgehead atoms. The molecule has 0 unspecified atom stereocenters. The molecule has 5 nitrogen and oxygen atoms in total. The second-order valence-electron chi connectivity index (χ2n) is 7.05. The van der Waals surface area contributed by atoms with E-state index in [-0.39, 0.29) is 11.0 Å². The molecule has 0 saturated carbocycles. The Balaban J connectivity index is 3.95. The normalized spacial score (nSPS) is 12.0. The second-order valence-corrected chi connectivity index (χ2v) is 8.76. The lowest BCUT2D eigenvalue weighted by molar-refractivity contribution is -0.144. The Morgan fingerprint density at radius 1 is 0.963 bits per heavy atom. The molecule has 27 heavy (non-hydrogen) atoms. The third kappa shape index (κ3) is 5.69. The number of halogens is 2. The van der Waals surface area contributed by atoms with Crippen LogP contribution in [0.15, 0.2) is 44.5 Å². The van der Waals surface area contributed by atoms with E-state index in [0.717, 1.165) is 15.6 Å². The Hall–Kier alpha value is -1.60. The van der Waals surface area contributed by atoms with Gasteiger partial charge in [0, 0.05) is 23.1 Å². The van der Waals surface area contributed by atoms with Gasteiger partial charge >= 0.3 is 11.9 Å². The Labute approximate surface area is 177 Å². The maximum atomic E-state index is 12.4. The number of likely N-dealkylation sites (N-methyl/N-ethyl adjacent to an activating group) is 1. The minimum Gasteiger partial charge on any atom is -0.465 e. The molecule has 0 heterocycles. The van der Waals surface area contributed by atoms with Crippen molar-refractivity contribution in [3.63, 3.8) is 0 Å². The quantitative estimate of drug-likeness (QED) is 0.191. The third-order valence-corrected chi connectivity index (χ3v) is 5.07. The van der Waals surface area contributed by atoms with Crippen molar-refractivity contribution in [3.8, 4) is 0 Å². The summed E-state index contributed by atoms with van der Waals surface area (Å²) in [6.07, 6.45) is 0. The molecule has 7 heteroatoms. The fourth-order valence-electron chi connectivity index (χ4n) is 2.63. The molecular formula is C20H25Br2NO4. The molecule has 0 spiro atoms. The van der Waals surface area contributed by atoms with Crippen LogP contribution in [0.25, 0.3) is 5.57 Å². The number of nitrogens with zero attached hydrogens (tertiary/aromatic N) is 1. The zero-order valence-corrected chi connectivity index (χ0v) is 19.8. The minimum absolute atomic E-state index is 0.171. The molecule has 148 valence electrons. The first kappa shape index (κ1) is 23.4. The van der Waals surface area contributed by atoms with E-state index in [1.807, 2.05) is 24.3 Å². The number of esters is 2. The van der Waals surface area contributed by atoms with Gasteiger partial charge in [0.15, 0.2) is 5.57 Å². The summed E-state index contributed by atoms with van der Waals surface area (Å²) in [5.41, 5.74) is 1.83. The van der Waals surface area contributed by atoms with Crippen molar-refractivity contribution in [1.82, 2.24) is 4.90 Å². The lowest BCUT2D eigenvalue weighted by Crippen LogP contribution is -2.26. The van der Waals surface area contributed by atoms with Crippen molar-refractivity contribution in [3.05, 3.63) is 50.1 Å². The Bertz CT molecular complexity index is 754. The molecule has 0 aromatic heterocycles. The first-order valence-electron chi connectivity index (χ1n) is 8.20. The molecule has 0 N–H and O–H groups in total. The highest BCUT2D eigenvalue weighted by molar-refractivity contribution is 9.12. The maximum absolute atomic E-state index is 12.4. The summed E-state index contributed by atoms with van der Waals surface area (Å²) in [5, 5.41) is 0. The molecule has 1 aromatic carbocycles. The van der Waals surface area contributed by atoms with Gasteiger partial charge in [0.25, 0.3) is 0 Å². The van der Waals surface area contributed by atoms with Crippen molar-refractivity contribution in [2.24, 2.45) is 5.41 Å². The van der Waals surface area contributed by atoms with Crippen molar-refractivity contribution in [1.29, 1.82) is 0 Å². The van der Waals surface area contributed by atoms with Crippen LogP contribution in [0, 0.1) is 5.41 Å². The maximum Gasteiger partial charge on any atom is 0.347 e. The third-order valence-electron chi connectivity index (χ3n) is 3.77. The molecule has 0 fully saturated rings. The van der Waals surface area contributed by atoms with Crippen LogP contribution in [0.2, 0.25) is 0 Å². The summed E-state index contributed by atoms with van der Waals surface area (Å²) in [7, 11) is 5.97. The summed E-state index contributed by atoms with van der Waals surface area (Å²) in [5.74, 6) is -1.52. The molecule has 1 rings (SSSR count). The van der Waals surface area contributed by atoms with Crippen LogP contribution in [0.4, 0.5) is 0 Å². The molecule has 0 radical (unpaired) electrons. The van der Waals surface area contributed by atoms with E-state index >= 15 is 0 Å². The highest BCUT2D eigenvalue weighted by Crippen LogP contribution is 2.42. The Kier molecular flexibility index (Phi) is 8.29. The number of rotatable bonds is 5. The average Bonchev–Trinajstić information content (AvgIpc) is 2.58. The highest BCUT2D eigenvalue weighted by Gasteiger charge is 2.31. The van der Waals surface area contributed by atoms with Gasteiger partial charge in [0.05, 0.1) is 19.9 Å². The SMILES string of the molecule is COC(=O)C(C(=O)OC)=C(/C(Br)=C(/c1ccc(Br)cc1)C(C)(C)C)N(C)C. The van der Waals surface area contributed by atoms with E-state index in [2.05, 4.69) is 52.6 Å². The van der Waals surface area contributed by atoms with Crippen LogP contribution < -0.4 is 0 Å². The van der Waals surface area contributed by atoms with Crippen molar-refractivity contribution in [2.75, 3.05) is 28.3 Å². The zero-order valence-electron chi connectivity index (χ0n) is 16.6. The first-order chi connectivity index (χ1) is 12.4. The molecule has 0 atom stereocenters. The standard InChI is InChI=1S/C20H25Br2NO4/c1-20(2,3)15(12-8-10-13(21)11-9-12)16(22)17(23(4)5)14(18(24)26-6)19(25)27-7/h8-11H,1-7H3/b16-15+. The van der Waals surface area contributed by atoms with E-state index in [1.165, 1.54) is 14.2 Å². The molecular weight excluding hydrogens is 478 g/mol. The van der Waals surface area contributed by atoms with Gasteiger partial charge in [-0.25, -0.2) is 9.59 Å². The number of hydrogen-bond acceptors (Lipinski definition) is 5. The van der Waals surface area contributed by atoms with E-state index in [0.29, 0.717) is 10.2 Å². The van der Waals surface area contributed by atoms with Crippen LogP contribution in [-0.4, -0.2) is 45.2 Å². The molecule has 0 aliphatic heterocycles. The van der Waals surface area contributed by atoms with Crippen molar-refractivity contribution < 1.29 is 19.1 Å². The number of carbonyl (C=O) groups excluding carboxylic acids is 2. The van der Waals surface area contributed by atoms with Crippen LogP contribution in [0.3, 0.4) is 0 Å². The fourth-order valence-corrected chi connectivity index (χ4v) is 4.28. The van der Waals surface area contributed by atoms with Gasteiger partial charge in [-0.15, -0.1) is 0 Å². The molecule has 0 saturated heterocycles. The van der Waals surface area contributed by atoms with Gasteiger partial charge < -0.3 is 14.4 Å². The van der Waals surface area contributed by atoms with Gasteiger partial charge in [-0.1, -0.05) is 48.8 Å². The van der Waals surface area contributed by atoms with Crippen LogP contribution in [0.5, 0.6) is 0 Å². The van der Waals surface area contributed by atoms with Crippen LogP contribution in [-0.2, 0) is 19.1 Å². The van der Waals surface area contributed by atoms with Gasteiger partial charge in [-0.2, -0.15) is 0 Å². The van der Waals surface area contributed by atoms with E-state index in [9.17, 15) is 9.59 Å². The number of carbonyl (C=O) groups is 2. The van der Waals surface area contributed by atoms with E-state index in [4.69, 9.17) is 9.47 Å². The van der Waals surface area contributed by atoms with Crippen molar-refractivity contribution in [2.45, 2.75) is 20.8 Å². The van der Waals surface area contributed by atoms with Gasteiger partial charge in [-0.3, -0.25) is 0 Å². The average molecular weight is 503 g/mol. The van der Waals surface area contributed by atoms with Crippen LogP contribution in [0.1, 0.15) is 26.3 Å². The monoisotopic (exact) mass is 501 g/mol. The van der Waals surface area contributed by atoms with Gasteiger partial charge in [0.1, 0.15) is 0 Å². The molecule has 0 aliphatic carbocycles. The van der Waals surface area contributed by atoms with E-state index in [1.54, 1.807) is 19.0 Å². The predicted molar refractivity (Wildman–Crippen MR) is 114 cm³/mol. The number of allylic oxidation sites excluding steroid dienone is 2. The molecule has 1 aromatic rings. The topological polar surface area (TPSA) is 55.8 Å². The smallest absolute Gasteiger partial charge is 0.347 e. The van der Waals surface area contributed by atoms with Crippen molar-refractivity contribution >= 4 is 49.4 Å². The van der Waals surface area contributed by atoms with Gasteiger partial charge in [-0.05, 0) is 44.6 Å². The summed E-state index contributed by atoms with van der Waals surface area (Å²) in [6, 6.07) is 7.86. The second kappa shape index (κ2) is 9.55. The summed E-state index contributed by atoms with van der Waals surface area (Å²) >= 11 is 7.10. The Morgan fingerprint density at radius 2 is 1.41 bits per heavy atom. The van der Waals surface area contributed by atoms with Gasteiger partial charge in [0.2, 0.25) is 0 Å². The highest BCUT2D eigenvalue weighted by atomic mass is 79.9. The van der Waals surface area contributed by atoms with Crippen LogP contribution >= 0.6 is 31.9 Å². The number of hydrogen-bond donors (Lipinski definition) is 0. The fraction of sp³-hybridized carbons (Fsp3) is 0.400. The van der Waals surface area contributed by atoms with E-state index < -0.39 is 11.9 Å². The number of ether oxygens (including phenoxy) is 2. The largest absolute Gasteiger partial charge is 0.465 e. The Morgan fingerprint density at radius 3 is 1.74 bits per heavy atom. The number of benzene rings is 1. The zero-order chi connectivity index (χ0) is 20.9. The predicted octanol–water partition coefficient (Wildman–Crippen LogP) is 4.76. The molecule has 0 amide bonds. The lowest BCUT2D eigenvalue weighted by atomic mass is 9.81. The minimum atomic E-state index is -0.758. The summed E-state index contributed by atoms with van der Waals surface area (Å²) < 4.78 is 11.2.